The molecule has 2 aromatic rings. The van der Waals surface area contributed by atoms with Gasteiger partial charge in [-0.15, -0.1) is 0 Å². The maximum absolute atomic E-state index is 5.99. The average Bonchev–Trinajstić information content (AvgIpc) is 2.77. The summed E-state index contributed by atoms with van der Waals surface area (Å²) in [5.74, 6) is 1.76. The number of rotatable bonds is 2. The van der Waals surface area contributed by atoms with Crippen molar-refractivity contribution in [2.24, 2.45) is 0 Å². The third-order valence-electron chi connectivity index (χ3n) is 2.33. The number of nitrogens with zero attached hydrogens (tertiary/aromatic N) is 2. The second kappa shape index (κ2) is 4.51. The molecule has 1 aromatic carbocycles. The molecule has 92 valence electrons. The van der Waals surface area contributed by atoms with Crippen molar-refractivity contribution >= 4 is 34.7 Å². The van der Waals surface area contributed by atoms with Crippen LogP contribution in [-0.4, -0.2) is 16.8 Å². The Hall–Kier alpha value is -1.72. The summed E-state index contributed by atoms with van der Waals surface area (Å²) in [7, 11) is 0. The lowest BCUT2D eigenvalue weighted by molar-refractivity contribution is 0.174. The number of halogens is 2. The molecule has 0 radical (unpaired) electrons. The number of aromatic nitrogens is 2. The van der Waals surface area contributed by atoms with E-state index in [9.17, 15) is 0 Å². The molecular formula is C11H7Cl2N3O2. The Kier molecular flexibility index (Phi) is 2.85. The predicted octanol–water partition coefficient (Wildman–Crippen LogP) is 3.26. The number of benzene rings is 1. The third-order valence-corrected chi connectivity index (χ3v) is 2.73. The number of fused-ring (bicyclic) bond motifs is 1. The molecule has 1 aliphatic rings. The van der Waals surface area contributed by atoms with Crippen LogP contribution in [0.15, 0.2) is 24.4 Å². The van der Waals surface area contributed by atoms with Crippen LogP contribution in [0, 0.1) is 0 Å². The van der Waals surface area contributed by atoms with Crippen LogP contribution in [0.25, 0.3) is 0 Å². The van der Waals surface area contributed by atoms with Crippen LogP contribution in [-0.2, 0) is 0 Å². The van der Waals surface area contributed by atoms with Crippen LogP contribution in [0.5, 0.6) is 11.5 Å². The van der Waals surface area contributed by atoms with E-state index in [1.165, 1.54) is 0 Å². The topological polar surface area (TPSA) is 56.3 Å². The first-order valence-corrected chi connectivity index (χ1v) is 5.83. The summed E-state index contributed by atoms with van der Waals surface area (Å²) in [5, 5.41) is 3.77. The molecule has 0 unspecified atom stereocenters. The first-order chi connectivity index (χ1) is 8.72. The Balaban J connectivity index is 1.98. The normalized spacial score (nSPS) is 12.6. The number of hydrogen-bond donors (Lipinski definition) is 1. The molecular weight excluding hydrogens is 277 g/mol. The summed E-state index contributed by atoms with van der Waals surface area (Å²) in [6, 6.07) is 5.11. The van der Waals surface area contributed by atoms with Crippen molar-refractivity contribution in [1.82, 2.24) is 9.97 Å². The lowest BCUT2D eigenvalue weighted by Crippen LogP contribution is -1.97. The van der Waals surface area contributed by atoms with Crippen molar-refractivity contribution in [2.45, 2.75) is 0 Å². The van der Waals surface area contributed by atoms with E-state index in [-0.39, 0.29) is 12.1 Å². The molecule has 1 aliphatic heterocycles. The smallest absolute Gasteiger partial charge is 0.231 e. The molecule has 1 N–H and O–H groups in total. The lowest BCUT2D eigenvalue weighted by atomic mass is 10.2. The monoisotopic (exact) mass is 283 g/mol. The highest BCUT2D eigenvalue weighted by Crippen LogP contribution is 2.42. The number of ether oxygens (including phenoxy) is 2. The molecule has 2 heterocycles. The fraction of sp³-hybridized carbons (Fsp3) is 0.0909. The van der Waals surface area contributed by atoms with E-state index in [0.717, 1.165) is 0 Å². The van der Waals surface area contributed by atoms with Gasteiger partial charge in [0.05, 0.1) is 5.69 Å². The quantitative estimate of drug-likeness (QED) is 0.858. The van der Waals surface area contributed by atoms with Crippen LogP contribution in [0.1, 0.15) is 0 Å². The van der Waals surface area contributed by atoms with Crippen LogP contribution >= 0.6 is 23.2 Å². The van der Waals surface area contributed by atoms with Crippen molar-refractivity contribution in [2.75, 3.05) is 12.1 Å². The van der Waals surface area contributed by atoms with Gasteiger partial charge in [-0.25, -0.2) is 9.97 Å². The number of anilines is 2. The van der Waals surface area contributed by atoms with Gasteiger partial charge in [-0.3, -0.25) is 0 Å². The molecule has 1 aromatic heterocycles. The van der Waals surface area contributed by atoms with Gasteiger partial charge < -0.3 is 14.8 Å². The zero-order valence-electron chi connectivity index (χ0n) is 8.98. The Morgan fingerprint density at radius 1 is 1.22 bits per heavy atom. The molecule has 0 fully saturated rings. The van der Waals surface area contributed by atoms with Gasteiger partial charge in [-0.2, -0.15) is 0 Å². The second-order valence-electron chi connectivity index (χ2n) is 3.52. The minimum Gasteiger partial charge on any atom is -0.453 e. The summed E-state index contributed by atoms with van der Waals surface area (Å²) in [6.07, 6.45) is 1.56. The standard InChI is InChI=1S/C11H7Cl2N3O2/c12-6-3-7(10-8(4-6)17-5-18-10)15-9-1-2-14-11(13)16-9/h1-4H,5H2,(H,14,15,16). The first kappa shape index (κ1) is 11.4. The van der Waals surface area contributed by atoms with Gasteiger partial charge >= 0.3 is 0 Å². The molecule has 18 heavy (non-hydrogen) atoms. The summed E-state index contributed by atoms with van der Waals surface area (Å²) < 4.78 is 10.6. The molecule has 7 heteroatoms. The zero-order valence-corrected chi connectivity index (χ0v) is 10.5. The van der Waals surface area contributed by atoms with Crippen LogP contribution in [0.3, 0.4) is 0 Å². The predicted molar refractivity (Wildman–Crippen MR) is 67.9 cm³/mol. The molecule has 5 nitrogen and oxygen atoms in total. The fourth-order valence-electron chi connectivity index (χ4n) is 1.61. The van der Waals surface area contributed by atoms with Crippen molar-refractivity contribution < 1.29 is 9.47 Å². The summed E-state index contributed by atoms with van der Waals surface area (Å²) in [5.41, 5.74) is 0.671. The maximum atomic E-state index is 5.99. The largest absolute Gasteiger partial charge is 0.453 e. The van der Waals surface area contributed by atoms with Gasteiger partial charge in [-0.05, 0) is 23.7 Å². The van der Waals surface area contributed by atoms with E-state index >= 15 is 0 Å². The summed E-state index contributed by atoms with van der Waals surface area (Å²) >= 11 is 11.7. The van der Waals surface area contributed by atoms with Gasteiger partial charge in [0.2, 0.25) is 12.1 Å². The zero-order chi connectivity index (χ0) is 12.5. The van der Waals surface area contributed by atoms with Gasteiger partial charge in [0, 0.05) is 17.3 Å². The van der Waals surface area contributed by atoms with Crippen LogP contribution in [0.2, 0.25) is 10.3 Å². The minimum absolute atomic E-state index is 0.163. The van der Waals surface area contributed by atoms with Crippen molar-refractivity contribution in [3.05, 3.63) is 34.7 Å². The van der Waals surface area contributed by atoms with Crippen LogP contribution < -0.4 is 14.8 Å². The van der Waals surface area contributed by atoms with E-state index in [4.69, 9.17) is 32.7 Å². The first-order valence-electron chi connectivity index (χ1n) is 5.07. The molecule has 0 atom stereocenters. The van der Waals surface area contributed by atoms with Gasteiger partial charge in [-0.1, -0.05) is 11.6 Å². The molecule has 0 aliphatic carbocycles. The number of nitrogens with one attached hydrogen (secondary N) is 1. The number of hydrogen-bond acceptors (Lipinski definition) is 5. The van der Waals surface area contributed by atoms with E-state index in [2.05, 4.69) is 15.3 Å². The van der Waals surface area contributed by atoms with E-state index in [0.29, 0.717) is 28.0 Å². The fourth-order valence-corrected chi connectivity index (χ4v) is 1.97. The Bertz CT molecular complexity index is 607. The molecule has 0 saturated carbocycles. The van der Waals surface area contributed by atoms with Crippen molar-refractivity contribution in [3.63, 3.8) is 0 Å². The highest BCUT2D eigenvalue weighted by atomic mass is 35.5. The van der Waals surface area contributed by atoms with Crippen molar-refractivity contribution in [3.8, 4) is 11.5 Å². The molecule has 0 amide bonds. The van der Waals surface area contributed by atoms with E-state index in [1.807, 2.05) is 0 Å². The van der Waals surface area contributed by atoms with Crippen LogP contribution in [0.4, 0.5) is 11.5 Å². The molecule has 0 saturated heterocycles. The Morgan fingerprint density at radius 2 is 2.11 bits per heavy atom. The third kappa shape index (κ3) is 2.14. The second-order valence-corrected chi connectivity index (χ2v) is 4.30. The summed E-state index contributed by atoms with van der Waals surface area (Å²) in [6.45, 7) is 0.175. The molecule has 0 spiro atoms. The highest BCUT2D eigenvalue weighted by Gasteiger charge is 2.19. The van der Waals surface area contributed by atoms with Gasteiger partial charge in [0.15, 0.2) is 11.5 Å². The lowest BCUT2D eigenvalue weighted by Gasteiger charge is -2.09. The van der Waals surface area contributed by atoms with E-state index < -0.39 is 0 Å². The van der Waals surface area contributed by atoms with Gasteiger partial charge in [0.1, 0.15) is 5.82 Å². The highest BCUT2D eigenvalue weighted by molar-refractivity contribution is 6.31. The van der Waals surface area contributed by atoms with Gasteiger partial charge in [0.25, 0.3) is 0 Å². The summed E-state index contributed by atoms with van der Waals surface area (Å²) in [4.78, 5) is 7.83. The Labute approximate surface area is 113 Å². The minimum atomic E-state index is 0.163. The van der Waals surface area contributed by atoms with E-state index in [1.54, 1.807) is 24.4 Å². The SMILES string of the molecule is Clc1cc(Nc2ccnc(Cl)n2)c2c(c1)OCO2. The Morgan fingerprint density at radius 3 is 2.94 bits per heavy atom. The maximum Gasteiger partial charge on any atom is 0.231 e. The van der Waals surface area contributed by atoms with Crippen molar-refractivity contribution in [1.29, 1.82) is 0 Å². The average molecular weight is 284 g/mol. The molecule has 0 bridgehead atoms. The molecule has 3 rings (SSSR count).